The van der Waals surface area contributed by atoms with Gasteiger partial charge in [0.15, 0.2) is 0 Å². The average Bonchev–Trinajstić information content (AvgIpc) is 3.10. The topological polar surface area (TPSA) is 44.8 Å². The van der Waals surface area contributed by atoms with Crippen molar-refractivity contribution in [1.29, 1.82) is 0 Å². The fourth-order valence-electron chi connectivity index (χ4n) is 3.36. The van der Waals surface area contributed by atoms with Crippen LogP contribution in [-0.2, 0) is 11.3 Å². The van der Waals surface area contributed by atoms with Crippen LogP contribution in [0.3, 0.4) is 0 Å². The molecular formula is C17H25N3O2. The summed E-state index contributed by atoms with van der Waals surface area (Å²) in [7, 11) is 1.41. The van der Waals surface area contributed by atoms with Crippen molar-refractivity contribution in [2.45, 2.75) is 19.0 Å². The van der Waals surface area contributed by atoms with Crippen LogP contribution in [0.5, 0.6) is 0 Å². The molecule has 0 amide bonds. The van der Waals surface area contributed by atoms with Gasteiger partial charge in [0.2, 0.25) is 0 Å². The first-order chi connectivity index (χ1) is 10.8. The van der Waals surface area contributed by atoms with Crippen LogP contribution < -0.4 is 5.32 Å². The van der Waals surface area contributed by atoms with E-state index < -0.39 is 0 Å². The van der Waals surface area contributed by atoms with Crippen molar-refractivity contribution in [3.63, 3.8) is 0 Å². The number of ether oxygens (including phenoxy) is 1. The Morgan fingerprint density at radius 1 is 1.23 bits per heavy atom. The minimum atomic E-state index is -0.273. The monoisotopic (exact) mass is 303 g/mol. The zero-order valence-electron chi connectivity index (χ0n) is 13.3. The number of carbonyl (C=O) groups is 1. The van der Waals surface area contributed by atoms with Crippen LogP contribution in [0.2, 0.25) is 0 Å². The number of benzene rings is 1. The van der Waals surface area contributed by atoms with Gasteiger partial charge in [-0.1, -0.05) is 12.1 Å². The summed E-state index contributed by atoms with van der Waals surface area (Å²) in [5, 5.41) is 3.45. The van der Waals surface area contributed by atoms with Crippen molar-refractivity contribution in [2.75, 3.05) is 46.4 Å². The molecule has 2 aliphatic rings. The van der Waals surface area contributed by atoms with Crippen molar-refractivity contribution >= 4 is 5.97 Å². The Labute approximate surface area is 132 Å². The van der Waals surface area contributed by atoms with E-state index in [4.69, 9.17) is 4.74 Å². The molecule has 120 valence electrons. The minimum absolute atomic E-state index is 0.273. The predicted octanol–water partition coefficient (Wildman–Crippen LogP) is 0.953. The van der Waals surface area contributed by atoms with Gasteiger partial charge in [0, 0.05) is 45.3 Å². The molecule has 1 atom stereocenters. The highest BCUT2D eigenvalue weighted by Gasteiger charge is 2.25. The number of carbonyl (C=O) groups excluding carboxylic acids is 1. The summed E-state index contributed by atoms with van der Waals surface area (Å²) in [6.07, 6.45) is 1.29. The van der Waals surface area contributed by atoms with E-state index in [0.717, 1.165) is 51.9 Å². The quantitative estimate of drug-likeness (QED) is 0.839. The number of piperazine rings is 1. The van der Waals surface area contributed by atoms with Gasteiger partial charge < -0.3 is 10.1 Å². The molecule has 2 saturated heterocycles. The minimum Gasteiger partial charge on any atom is -0.465 e. The first-order valence-electron chi connectivity index (χ1n) is 8.10. The first kappa shape index (κ1) is 15.5. The van der Waals surface area contributed by atoms with Crippen LogP contribution in [0.4, 0.5) is 0 Å². The standard InChI is InChI=1S/C17H25N3O2/c1-22-17(21)15-4-2-14(3-5-15)13-19-8-10-20(11-9-19)16-6-7-18-12-16/h2-5,16,18H,6-13H2,1H3. The van der Waals surface area contributed by atoms with E-state index in [-0.39, 0.29) is 5.97 Å². The number of methoxy groups -OCH3 is 1. The number of hydrogen-bond donors (Lipinski definition) is 1. The molecule has 2 fully saturated rings. The molecule has 1 N–H and O–H groups in total. The predicted molar refractivity (Wildman–Crippen MR) is 85.9 cm³/mol. The summed E-state index contributed by atoms with van der Waals surface area (Å²) in [6.45, 7) is 7.83. The number of rotatable bonds is 4. The zero-order chi connectivity index (χ0) is 15.4. The third-order valence-electron chi connectivity index (χ3n) is 4.74. The molecule has 0 spiro atoms. The van der Waals surface area contributed by atoms with Crippen LogP contribution in [0, 0.1) is 0 Å². The Balaban J connectivity index is 1.49. The lowest BCUT2D eigenvalue weighted by Gasteiger charge is -2.37. The molecule has 0 radical (unpaired) electrons. The van der Waals surface area contributed by atoms with Crippen LogP contribution in [0.15, 0.2) is 24.3 Å². The van der Waals surface area contributed by atoms with E-state index in [0.29, 0.717) is 5.56 Å². The highest BCUT2D eigenvalue weighted by Crippen LogP contribution is 2.14. The Kier molecular flexibility index (Phi) is 5.08. The Bertz CT molecular complexity index is 489. The summed E-state index contributed by atoms with van der Waals surface area (Å²) >= 11 is 0. The van der Waals surface area contributed by atoms with Crippen LogP contribution in [0.1, 0.15) is 22.3 Å². The summed E-state index contributed by atoms with van der Waals surface area (Å²) in [6, 6.07) is 8.49. The molecule has 2 heterocycles. The molecule has 0 aromatic heterocycles. The van der Waals surface area contributed by atoms with E-state index in [1.165, 1.54) is 19.1 Å². The molecule has 5 nitrogen and oxygen atoms in total. The van der Waals surface area contributed by atoms with E-state index >= 15 is 0 Å². The lowest BCUT2D eigenvalue weighted by atomic mass is 10.1. The van der Waals surface area contributed by atoms with Crippen molar-refractivity contribution < 1.29 is 9.53 Å². The molecule has 3 rings (SSSR count). The molecule has 1 unspecified atom stereocenters. The second-order valence-electron chi connectivity index (χ2n) is 6.15. The van der Waals surface area contributed by atoms with Gasteiger partial charge >= 0.3 is 5.97 Å². The largest absolute Gasteiger partial charge is 0.465 e. The number of nitrogens with zero attached hydrogens (tertiary/aromatic N) is 2. The highest BCUT2D eigenvalue weighted by molar-refractivity contribution is 5.89. The number of hydrogen-bond acceptors (Lipinski definition) is 5. The molecule has 0 aliphatic carbocycles. The molecule has 1 aromatic rings. The zero-order valence-corrected chi connectivity index (χ0v) is 13.3. The maximum atomic E-state index is 11.4. The summed E-state index contributed by atoms with van der Waals surface area (Å²) in [5.41, 5.74) is 1.87. The van der Waals surface area contributed by atoms with Crippen LogP contribution in [-0.4, -0.2) is 68.2 Å². The van der Waals surface area contributed by atoms with Gasteiger partial charge in [-0.15, -0.1) is 0 Å². The number of nitrogens with one attached hydrogen (secondary N) is 1. The maximum absolute atomic E-state index is 11.4. The maximum Gasteiger partial charge on any atom is 0.337 e. The molecular weight excluding hydrogens is 278 g/mol. The fraction of sp³-hybridized carbons (Fsp3) is 0.588. The molecule has 0 bridgehead atoms. The van der Waals surface area contributed by atoms with Gasteiger partial charge in [-0.25, -0.2) is 4.79 Å². The Hall–Kier alpha value is -1.43. The van der Waals surface area contributed by atoms with Crippen molar-refractivity contribution in [2.24, 2.45) is 0 Å². The second kappa shape index (κ2) is 7.22. The molecule has 2 aliphatic heterocycles. The molecule has 1 aromatic carbocycles. The summed E-state index contributed by atoms with van der Waals surface area (Å²) in [4.78, 5) is 16.5. The second-order valence-corrected chi connectivity index (χ2v) is 6.15. The Morgan fingerprint density at radius 2 is 1.95 bits per heavy atom. The number of esters is 1. The van der Waals surface area contributed by atoms with Crippen LogP contribution in [0.25, 0.3) is 0 Å². The van der Waals surface area contributed by atoms with E-state index in [9.17, 15) is 4.79 Å². The first-order valence-corrected chi connectivity index (χ1v) is 8.10. The van der Waals surface area contributed by atoms with Crippen molar-refractivity contribution in [1.82, 2.24) is 15.1 Å². The third-order valence-corrected chi connectivity index (χ3v) is 4.74. The summed E-state index contributed by atoms with van der Waals surface area (Å²) < 4.78 is 4.73. The van der Waals surface area contributed by atoms with Crippen LogP contribution >= 0.6 is 0 Å². The van der Waals surface area contributed by atoms with E-state index in [2.05, 4.69) is 15.1 Å². The van der Waals surface area contributed by atoms with E-state index in [1.54, 1.807) is 0 Å². The smallest absolute Gasteiger partial charge is 0.337 e. The van der Waals surface area contributed by atoms with Gasteiger partial charge in [-0.2, -0.15) is 0 Å². The van der Waals surface area contributed by atoms with Crippen molar-refractivity contribution in [3.05, 3.63) is 35.4 Å². The molecule has 5 heteroatoms. The van der Waals surface area contributed by atoms with Gasteiger partial charge in [-0.3, -0.25) is 9.80 Å². The lowest BCUT2D eigenvalue weighted by Crippen LogP contribution is -2.50. The Morgan fingerprint density at radius 3 is 2.55 bits per heavy atom. The van der Waals surface area contributed by atoms with Gasteiger partial charge in [-0.05, 0) is 30.7 Å². The fourth-order valence-corrected chi connectivity index (χ4v) is 3.36. The average molecular weight is 303 g/mol. The van der Waals surface area contributed by atoms with Gasteiger partial charge in [0.1, 0.15) is 0 Å². The highest BCUT2D eigenvalue weighted by atomic mass is 16.5. The van der Waals surface area contributed by atoms with Gasteiger partial charge in [0.05, 0.1) is 12.7 Å². The van der Waals surface area contributed by atoms with Gasteiger partial charge in [0.25, 0.3) is 0 Å². The normalized spacial score (nSPS) is 23.6. The lowest BCUT2D eigenvalue weighted by molar-refractivity contribution is 0.0600. The van der Waals surface area contributed by atoms with Crippen molar-refractivity contribution in [3.8, 4) is 0 Å². The molecule has 22 heavy (non-hydrogen) atoms. The summed E-state index contributed by atoms with van der Waals surface area (Å²) in [5.74, 6) is -0.273. The molecule has 0 saturated carbocycles. The van der Waals surface area contributed by atoms with E-state index in [1.807, 2.05) is 24.3 Å². The third kappa shape index (κ3) is 3.66. The SMILES string of the molecule is COC(=O)c1ccc(CN2CCN(C3CCNC3)CC2)cc1.